The largest absolute Gasteiger partial charge is 0.586 e. The summed E-state index contributed by atoms with van der Waals surface area (Å²) in [4.78, 5) is 29.3. The molecule has 52 heavy (non-hydrogen) atoms. The Balaban J connectivity index is 1.08. The second kappa shape index (κ2) is 13.6. The number of rotatable bonds is 9. The molecule has 0 saturated heterocycles. The van der Waals surface area contributed by atoms with E-state index in [0.717, 1.165) is 17.7 Å². The van der Waals surface area contributed by atoms with Crippen molar-refractivity contribution in [3.8, 4) is 28.7 Å². The van der Waals surface area contributed by atoms with Crippen LogP contribution in [0.5, 0.6) is 28.7 Å². The standard InChI is InChI=1S/C37H37F5N2O8/c1-35(20-48-30-18-32-31(16-26(30)35)51-37(41,42)52-32)34(47)43-27-17-28(49-29-15-24(11-12-25(27)29)50-36(38,39)40)22-7-9-23(10-8-22)33(46)44(13-14-45)19-21-5-3-2-4-6-21/h2-6,11-12,15-16,18,22-23,27-28,45H,7-10,13-14,17,19-20H2,1H3,(H,43,47)/t22?,23?,27-,28-,35?/m1/s1. The number of nitrogens with zero attached hydrogens (tertiary/aromatic N) is 1. The number of carbonyl (C=O) groups excluding carboxylic acids is 2. The summed E-state index contributed by atoms with van der Waals surface area (Å²) in [7, 11) is 0. The number of halogens is 5. The molecule has 0 bridgehead atoms. The van der Waals surface area contributed by atoms with E-state index < -0.39 is 41.9 Å². The number of hydrogen-bond acceptors (Lipinski definition) is 8. The van der Waals surface area contributed by atoms with Gasteiger partial charge in [0.05, 0.1) is 12.6 Å². The zero-order chi connectivity index (χ0) is 36.8. The van der Waals surface area contributed by atoms with Gasteiger partial charge in [0.1, 0.15) is 35.4 Å². The van der Waals surface area contributed by atoms with Crippen LogP contribution in [-0.2, 0) is 21.5 Å². The van der Waals surface area contributed by atoms with Crippen LogP contribution in [0.3, 0.4) is 0 Å². The van der Waals surface area contributed by atoms with Crippen molar-refractivity contribution in [2.45, 2.75) is 75.8 Å². The van der Waals surface area contributed by atoms with Crippen LogP contribution in [0.2, 0.25) is 0 Å². The highest BCUT2D eigenvalue weighted by Gasteiger charge is 2.50. The maximum absolute atomic E-state index is 14.1. The minimum absolute atomic E-state index is 0.0519. The third-order valence-electron chi connectivity index (χ3n) is 10.3. The predicted molar refractivity (Wildman–Crippen MR) is 173 cm³/mol. The van der Waals surface area contributed by atoms with Crippen molar-refractivity contribution in [1.82, 2.24) is 10.2 Å². The third-order valence-corrected chi connectivity index (χ3v) is 10.3. The number of nitrogens with one attached hydrogen (secondary N) is 1. The smallest absolute Gasteiger partial charge is 0.492 e. The Labute approximate surface area is 295 Å². The molecule has 1 fully saturated rings. The molecule has 1 aliphatic carbocycles. The van der Waals surface area contributed by atoms with E-state index in [1.807, 2.05) is 30.3 Å². The number of aliphatic hydroxyl groups is 1. The first-order chi connectivity index (χ1) is 24.7. The summed E-state index contributed by atoms with van der Waals surface area (Å²) in [6, 6.07) is 15.0. The lowest BCUT2D eigenvalue weighted by molar-refractivity contribution is -0.286. The molecule has 10 nitrogen and oxygen atoms in total. The minimum atomic E-state index is -4.94. The van der Waals surface area contributed by atoms with Crippen LogP contribution in [0.4, 0.5) is 22.0 Å². The molecular formula is C37H37F5N2O8. The van der Waals surface area contributed by atoms with E-state index in [1.165, 1.54) is 18.2 Å². The van der Waals surface area contributed by atoms with E-state index in [1.54, 1.807) is 11.8 Å². The number of ether oxygens (including phenoxy) is 5. The van der Waals surface area contributed by atoms with Gasteiger partial charge in [-0.15, -0.1) is 22.0 Å². The number of hydrogen-bond donors (Lipinski definition) is 2. The Hall–Kier alpha value is -4.79. The van der Waals surface area contributed by atoms with Crippen LogP contribution in [0.15, 0.2) is 60.7 Å². The molecule has 278 valence electrons. The quantitative estimate of drug-likeness (QED) is 0.243. The first-order valence-corrected chi connectivity index (χ1v) is 17.1. The van der Waals surface area contributed by atoms with Crippen molar-refractivity contribution in [3.05, 3.63) is 77.4 Å². The molecule has 0 radical (unpaired) electrons. The van der Waals surface area contributed by atoms with Gasteiger partial charge in [0, 0.05) is 48.7 Å². The fraction of sp³-hybridized carbons (Fsp3) is 0.459. The van der Waals surface area contributed by atoms with Crippen molar-refractivity contribution in [2.24, 2.45) is 11.8 Å². The fourth-order valence-corrected chi connectivity index (χ4v) is 7.62. The summed E-state index contributed by atoms with van der Waals surface area (Å²) in [5.41, 5.74) is 0.366. The van der Waals surface area contributed by atoms with Crippen LogP contribution in [0.1, 0.15) is 61.8 Å². The maximum atomic E-state index is 14.1. The summed E-state index contributed by atoms with van der Waals surface area (Å²) < 4.78 is 92.3. The van der Waals surface area contributed by atoms with E-state index >= 15 is 0 Å². The molecule has 0 spiro atoms. The van der Waals surface area contributed by atoms with Crippen LogP contribution in [0, 0.1) is 11.8 Å². The summed E-state index contributed by atoms with van der Waals surface area (Å²) in [6.07, 6.45) is -6.78. The van der Waals surface area contributed by atoms with E-state index in [9.17, 15) is 36.6 Å². The molecule has 1 unspecified atom stereocenters. The molecule has 3 atom stereocenters. The van der Waals surface area contributed by atoms with Gasteiger partial charge in [-0.1, -0.05) is 30.3 Å². The van der Waals surface area contributed by atoms with Gasteiger partial charge in [-0.25, -0.2) is 0 Å². The zero-order valence-corrected chi connectivity index (χ0v) is 28.1. The van der Waals surface area contributed by atoms with Crippen molar-refractivity contribution < 1.29 is 60.3 Å². The lowest BCUT2D eigenvalue weighted by Crippen LogP contribution is -2.47. The SMILES string of the molecule is CC1(C(=O)N[C@@H]2C[C@H](C3CCC(C(=O)N(CCO)Cc4ccccc4)CC3)Oc3cc(OC(F)(F)F)ccc32)COc2cc3c(cc21)OC(F)(F)O3. The Kier molecular flexibility index (Phi) is 9.34. The predicted octanol–water partition coefficient (Wildman–Crippen LogP) is 6.39. The van der Waals surface area contributed by atoms with Crippen LogP contribution in [0.25, 0.3) is 0 Å². The third kappa shape index (κ3) is 7.28. The molecule has 1 saturated carbocycles. The van der Waals surface area contributed by atoms with E-state index in [-0.39, 0.29) is 66.9 Å². The van der Waals surface area contributed by atoms with Crippen LogP contribution < -0.4 is 29.0 Å². The van der Waals surface area contributed by atoms with Gasteiger partial charge in [0.15, 0.2) is 11.5 Å². The lowest BCUT2D eigenvalue weighted by atomic mass is 9.76. The summed E-state index contributed by atoms with van der Waals surface area (Å²) >= 11 is 0. The van der Waals surface area contributed by atoms with Crippen LogP contribution >= 0.6 is 0 Å². The van der Waals surface area contributed by atoms with Gasteiger partial charge in [-0.3, -0.25) is 9.59 Å². The highest BCUT2D eigenvalue weighted by molar-refractivity contribution is 5.90. The number of amides is 2. The Morgan fingerprint density at radius 1 is 0.962 bits per heavy atom. The first-order valence-electron chi connectivity index (χ1n) is 17.1. The van der Waals surface area contributed by atoms with Crippen LogP contribution in [-0.4, -0.2) is 60.3 Å². The van der Waals surface area contributed by atoms with Crippen molar-refractivity contribution in [3.63, 3.8) is 0 Å². The molecule has 3 heterocycles. The van der Waals surface area contributed by atoms with Crippen molar-refractivity contribution in [1.29, 1.82) is 0 Å². The van der Waals surface area contributed by atoms with Crippen molar-refractivity contribution >= 4 is 11.8 Å². The second-order valence-corrected chi connectivity index (χ2v) is 13.8. The molecular weight excluding hydrogens is 695 g/mol. The topological polar surface area (TPSA) is 116 Å². The molecule has 2 N–H and O–H groups in total. The number of carbonyl (C=O) groups is 2. The average Bonchev–Trinajstić information content (AvgIpc) is 3.60. The van der Waals surface area contributed by atoms with E-state index in [0.29, 0.717) is 43.4 Å². The van der Waals surface area contributed by atoms with Gasteiger partial charge in [-0.2, -0.15) is 0 Å². The molecule has 2 amide bonds. The zero-order valence-electron chi connectivity index (χ0n) is 28.1. The number of alkyl halides is 5. The Morgan fingerprint density at radius 3 is 2.37 bits per heavy atom. The normalized spacial score (nSPS) is 25.6. The average molecular weight is 733 g/mol. The van der Waals surface area contributed by atoms with Gasteiger partial charge in [0.2, 0.25) is 11.8 Å². The minimum Gasteiger partial charge on any atom is -0.492 e. The monoisotopic (exact) mass is 732 g/mol. The molecule has 3 aromatic carbocycles. The molecule has 7 rings (SSSR count). The molecule has 4 aliphatic rings. The van der Waals surface area contributed by atoms with Gasteiger partial charge < -0.3 is 39.0 Å². The second-order valence-electron chi connectivity index (χ2n) is 13.8. The number of aliphatic hydroxyl groups excluding tert-OH is 1. The fourth-order valence-electron chi connectivity index (χ4n) is 7.62. The molecule has 3 aromatic rings. The van der Waals surface area contributed by atoms with E-state index in [2.05, 4.69) is 19.5 Å². The van der Waals surface area contributed by atoms with E-state index in [4.69, 9.17) is 9.47 Å². The van der Waals surface area contributed by atoms with Gasteiger partial charge in [-0.05, 0) is 62.3 Å². The summed E-state index contributed by atoms with van der Waals surface area (Å²) in [6.45, 7) is 1.89. The van der Waals surface area contributed by atoms with Gasteiger partial charge in [0.25, 0.3) is 0 Å². The molecule has 15 heteroatoms. The lowest BCUT2D eigenvalue weighted by Gasteiger charge is -2.40. The maximum Gasteiger partial charge on any atom is 0.586 e. The number of fused-ring (bicyclic) bond motifs is 3. The molecule has 0 aromatic heterocycles. The number of benzene rings is 3. The van der Waals surface area contributed by atoms with Gasteiger partial charge >= 0.3 is 12.7 Å². The highest BCUT2D eigenvalue weighted by Crippen LogP contribution is 2.50. The Morgan fingerprint density at radius 2 is 1.67 bits per heavy atom. The summed E-state index contributed by atoms with van der Waals surface area (Å²) in [5.74, 6) is -1.55. The first kappa shape index (κ1) is 35.6. The Bertz CT molecular complexity index is 1820. The van der Waals surface area contributed by atoms with Crippen molar-refractivity contribution in [2.75, 3.05) is 19.8 Å². The summed E-state index contributed by atoms with van der Waals surface area (Å²) in [5, 5.41) is 12.7. The highest BCUT2D eigenvalue weighted by atomic mass is 19.4. The molecule has 3 aliphatic heterocycles.